The summed E-state index contributed by atoms with van der Waals surface area (Å²) in [6.45, 7) is 2.45. The lowest BCUT2D eigenvalue weighted by Gasteiger charge is -2.17. The van der Waals surface area contributed by atoms with E-state index in [1.54, 1.807) is 24.3 Å². The molecule has 0 radical (unpaired) electrons. The molecule has 2 aliphatic rings. The average molecular weight is 439 g/mol. The molecule has 0 spiro atoms. The highest BCUT2D eigenvalue weighted by Gasteiger charge is 2.35. The molecule has 1 N–H and O–H groups in total. The van der Waals surface area contributed by atoms with E-state index in [4.69, 9.17) is 9.47 Å². The summed E-state index contributed by atoms with van der Waals surface area (Å²) in [5.41, 5.74) is 1.69. The zero-order valence-corrected chi connectivity index (χ0v) is 17.8. The Morgan fingerprint density at radius 3 is 2.71 bits per heavy atom. The van der Waals surface area contributed by atoms with Gasteiger partial charge >= 0.3 is 0 Å². The molecule has 7 nitrogen and oxygen atoms in total. The van der Waals surface area contributed by atoms with Crippen LogP contribution < -0.4 is 14.8 Å². The number of carbonyl (C=O) groups is 3. The highest BCUT2D eigenvalue weighted by atomic mass is 32.2. The van der Waals surface area contributed by atoms with Gasteiger partial charge in [0.15, 0.2) is 11.5 Å². The maximum absolute atomic E-state index is 12.7. The fraction of sp³-hybridized carbons (Fsp3) is 0.261. The predicted octanol–water partition coefficient (Wildman–Crippen LogP) is 3.76. The summed E-state index contributed by atoms with van der Waals surface area (Å²) < 4.78 is 10.6. The lowest BCUT2D eigenvalue weighted by Crippen LogP contribution is -2.38. The molecule has 0 unspecified atom stereocenters. The summed E-state index contributed by atoms with van der Waals surface area (Å²) in [4.78, 5) is 39.1. The number of fused-ring (bicyclic) bond motifs is 1. The number of carbonyl (C=O) groups excluding carboxylic acids is 3. The fourth-order valence-corrected chi connectivity index (χ4v) is 4.38. The van der Waals surface area contributed by atoms with Gasteiger partial charge in [-0.2, -0.15) is 0 Å². The zero-order chi connectivity index (χ0) is 21.8. The van der Waals surface area contributed by atoms with Gasteiger partial charge in [-0.25, -0.2) is 0 Å². The third-order valence-corrected chi connectivity index (χ3v) is 6.04. The van der Waals surface area contributed by atoms with Gasteiger partial charge in [-0.15, -0.1) is 0 Å². The monoisotopic (exact) mass is 438 g/mol. The summed E-state index contributed by atoms with van der Waals surface area (Å²) in [5, 5.41) is 2.50. The second-order valence-electron chi connectivity index (χ2n) is 7.11. The smallest absolute Gasteiger partial charge is 0.293 e. The van der Waals surface area contributed by atoms with Crippen LogP contribution in [-0.4, -0.2) is 41.8 Å². The Hall–Kier alpha value is -3.26. The molecule has 1 saturated heterocycles. The van der Waals surface area contributed by atoms with E-state index < -0.39 is 0 Å². The highest BCUT2D eigenvalue weighted by molar-refractivity contribution is 8.18. The number of ether oxygens (including phenoxy) is 2. The summed E-state index contributed by atoms with van der Waals surface area (Å²) >= 11 is 0.890. The number of nitrogens with zero attached hydrogens (tertiary/aromatic N) is 1. The van der Waals surface area contributed by atoms with Crippen molar-refractivity contribution in [3.63, 3.8) is 0 Å². The van der Waals surface area contributed by atoms with Crippen LogP contribution in [0.2, 0.25) is 0 Å². The van der Waals surface area contributed by atoms with Crippen LogP contribution in [0.25, 0.3) is 6.08 Å². The fourth-order valence-electron chi connectivity index (χ4n) is 3.52. The van der Waals surface area contributed by atoms with Crippen molar-refractivity contribution < 1.29 is 23.9 Å². The Labute approximate surface area is 184 Å². The van der Waals surface area contributed by atoms with E-state index in [1.165, 1.54) is 0 Å². The summed E-state index contributed by atoms with van der Waals surface area (Å²) in [5.74, 6) is 0.525. The van der Waals surface area contributed by atoms with Crippen LogP contribution in [0, 0.1) is 0 Å². The third kappa shape index (κ3) is 4.59. The zero-order valence-electron chi connectivity index (χ0n) is 17.0. The largest absolute Gasteiger partial charge is 0.454 e. The molecule has 2 aromatic rings. The number of rotatable bonds is 7. The first-order valence-electron chi connectivity index (χ1n) is 10.0. The van der Waals surface area contributed by atoms with Gasteiger partial charge in [-0.05, 0) is 47.5 Å². The van der Waals surface area contributed by atoms with Gasteiger partial charge in [-0.3, -0.25) is 19.3 Å². The van der Waals surface area contributed by atoms with Crippen LogP contribution >= 0.6 is 11.8 Å². The van der Waals surface area contributed by atoms with Gasteiger partial charge in [0.2, 0.25) is 12.7 Å². The molecule has 2 aliphatic heterocycles. The first-order valence-corrected chi connectivity index (χ1v) is 10.9. The van der Waals surface area contributed by atoms with Crippen molar-refractivity contribution >= 4 is 34.9 Å². The van der Waals surface area contributed by atoms with Crippen molar-refractivity contribution in [1.29, 1.82) is 0 Å². The summed E-state index contributed by atoms with van der Waals surface area (Å²) in [6.07, 6.45) is 2.32. The Morgan fingerprint density at radius 1 is 1.16 bits per heavy atom. The van der Waals surface area contributed by atoms with Crippen LogP contribution in [0.15, 0.2) is 53.4 Å². The molecule has 0 bridgehead atoms. The predicted molar refractivity (Wildman–Crippen MR) is 118 cm³/mol. The van der Waals surface area contributed by atoms with Crippen molar-refractivity contribution in [3.8, 4) is 11.5 Å². The number of amides is 3. The molecular formula is C23H22N2O5S. The molecule has 2 heterocycles. The minimum atomic E-state index is -0.364. The quantitative estimate of drug-likeness (QED) is 0.663. The molecule has 160 valence electrons. The van der Waals surface area contributed by atoms with Crippen molar-refractivity contribution in [2.75, 3.05) is 19.9 Å². The minimum absolute atomic E-state index is 0.114. The molecule has 1 atom stereocenters. The molecule has 1 fully saturated rings. The average Bonchev–Trinajstić information content (AvgIpc) is 3.34. The Bertz CT molecular complexity index is 1040. The molecule has 3 amide bonds. The summed E-state index contributed by atoms with van der Waals surface area (Å²) in [7, 11) is 0. The Balaban J connectivity index is 1.35. The minimum Gasteiger partial charge on any atom is -0.454 e. The number of thioether (sulfide) groups is 1. The topological polar surface area (TPSA) is 84.9 Å². The van der Waals surface area contributed by atoms with E-state index in [-0.39, 0.29) is 42.9 Å². The molecule has 4 rings (SSSR count). The molecular weight excluding hydrogens is 416 g/mol. The molecule has 2 aromatic carbocycles. The van der Waals surface area contributed by atoms with Crippen LogP contribution in [-0.2, 0) is 9.59 Å². The normalized spacial score (nSPS) is 17.3. The van der Waals surface area contributed by atoms with Crippen LogP contribution in [0.3, 0.4) is 0 Å². The van der Waals surface area contributed by atoms with Gasteiger partial charge < -0.3 is 14.8 Å². The van der Waals surface area contributed by atoms with Crippen LogP contribution in [0.5, 0.6) is 11.5 Å². The molecule has 0 aromatic heterocycles. The SMILES string of the molecule is CC[C@H](C(=O)NCCN1C(=O)S/C(=C/c2ccc3c(c2)OCO3)C1=O)c1ccccc1. The van der Waals surface area contributed by atoms with E-state index in [9.17, 15) is 14.4 Å². The van der Waals surface area contributed by atoms with E-state index in [2.05, 4.69) is 5.32 Å². The number of imide groups is 1. The van der Waals surface area contributed by atoms with E-state index in [1.807, 2.05) is 37.3 Å². The second kappa shape index (κ2) is 9.26. The van der Waals surface area contributed by atoms with Crippen molar-refractivity contribution in [1.82, 2.24) is 10.2 Å². The number of hydrogen-bond donors (Lipinski definition) is 1. The first kappa shape index (κ1) is 21.0. The first-order chi connectivity index (χ1) is 15.1. The molecule has 0 saturated carbocycles. The van der Waals surface area contributed by atoms with Gasteiger partial charge in [-0.1, -0.05) is 43.3 Å². The lowest BCUT2D eigenvalue weighted by molar-refractivity contribution is -0.125. The number of benzene rings is 2. The molecule has 31 heavy (non-hydrogen) atoms. The Morgan fingerprint density at radius 2 is 1.94 bits per heavy atom. The lowest BCUT2D eigenvalue weighted by atomic mass is 9.96. The van der Waals surface area contributed by atoms with Gasteiger partial charge in [0, 0.05) is 13.1 Å². The number of nitrogens with one attached hydrogen (secondary N) is 1. The van der Waals surface area contributed by atoms with Crippen molar-refractivity contribution in [2.24, 2.45) is 0 Å². The van der Waals surface area contributed by atoms with Gasteiger partial charge in [0.25, 0.3) is 11.1 Å². The molecule has 8 heteroatoms. The van der Waals surface area contributed by atoms with Crippen LogP contribution in [0.1, 0.15) is 30.4 Å². The number of hydrogen-bond acceptors (Lipinski definition) is 6. The second-order valence-corrected chi connectivity index (χ2v) is 8.10. The van der Waals surface area contributed by atoms with Gasteiger partial charge in [0.1, 0.15) is 0 Å². The Kier molecular flexibility index (Phi) is 6.27. The highest BCUT2D eigenvalue weighted by Crippen LogP contribution is 2.36. The molecule has 0 aliphatic carbocycles. The third-order valence-electron chi connectivity index (χ3n) is 5.13. The maximum Gasteiger partial charge on any atom is 0.293 e. The van der Waals surface area contributed by atoms with Crippen molar-refractivity contribution in [3.05, 3.63) is 64.6 Å². The van der Waals surface area contributed by atoms with E-state index in [0.717, 1.165) is 27.8 Å². The van der Waals surface area contributed by atoms with Crippen LogP contribution in [0.4, 0.5) is 4.79 Å². The van der Waals surface area contributed by atoms with E-state index >= 15 is 0 Å². The standard InChI is InChI=1S/C23H22N2O5S/c1-2-17(16-6-4-3-5-7-16)21(26)24-10-11-25-22(27)20(31-23(25)28)13-15-8-9-18-19(12-15)30-14-29-18/h3-9,12-13,17H,2,10-11,14H2,1H3,(H,24,26)/b20-13+/t17-/m0/s1. The summed E-state index contributed by atoms with van der Waals surface area (Å²) in [6, 6.07) is 14.9. The van der Waals surface area contributed by atoms with Crippen molar-refractivity contribution in [2.45, 2.75) is 19.3 Å². The van der Waals surface area contributed by atoms with E-state index in [0.29, 0.717) is 22.8 Å². The maximum atomic E-state index is 12.7. The van der Waals surface area contributed by atoms with Gasteiger partial charge in [0.05, 0.1) is 10.8 Å².